The van der Waals surface area contributed by atoms with Crippen molar-refractivity contribution in [3.63, 3.8) is 0 Å². The number of benzene rings is 2. The molecule has 0 N–H and O–H groups in total. The molecule has 0 bridgehead atoms. The van der Waals surface area contributed by atoms with Gasteiger partial charge in [-0.05, 0) is 55.2 Å². The summed E-state index contributed by atoms with van der Waals surface area (Å²) < 4.78 is 0. The fourth-order valence-electron chi connectivity index (χ4n) is 2.12. The quantitative estimate of drug-likeness (QED) is 0.481. The number of carbonyl (C=O) groups excluding carboxylic acids is 2. The first-order valence-electron chi connectivity index (χ1n) is 8.68. The van der Waals surface area contributed by atoms with E-state index in [1.807, 2.05) is 38.1 Å². The van der Waals surface area contributed by atoms with Gasteiger partial charge in [-0.3, -0.25) is 9.78 Å². The summed E-state index contributed by atoms with van der Waals surface area (Å²) in [6.45, 7) is 7.60. The third-order valence-corrected chi connectivity index (χ3v) is 3.82. The van der Waals surface area contributed by atoms with Gasteiger partial charge in [-0.15, -0.1) is 9.78 Å². The molecule has 0 aliphatic carbocycles. The van der Waals surface area contributed by atoms with Crippen molar-refractivity contribution in [2.24, 2.45) is 0 Å². The van der Waals surface area contributed by atoms with Crippen LogP contribution < -0.4 is 0 Å². The molecule has 0 aliphatic heterocycles. The molecular formula is C21H22O6. The van der Waals surface area contributed by atoms with Crippen molar-refractivity contribution < 1.29 is 29.1 Å². The standard InChI is InChI=1S/C21H22O6/c1-4-15-7-11-17(12-8-15)20(22)26-24-19(6-3)25-27-21(23)18-13-9-16(5-2)10-14-18/h7-14H,3-6H2,1-2H3. The monoisotopic (exact) mass is 370 g/mol. The van der Waals surface area contributed by atoms with E-state index in [1.165, 1.54) is 0 Å². The number of rotatable bonds is 9. The molecule has 0 unspecified atom stereocenters. The topological polar surface area (TPSA) is 71.1 Å². The van der Waals surface area contributed by atoms with Crippen molar-refractivity contribution in [3.8, 4) is 0 Å². The van der Waals surface area contributed by atoms with Crippen molar-refractivity contribution in [2.45, 2.75) is 33.1 Å². The first-order chi connectivity index (χ1) is 13.1. The van der Waals surface area contributed by atoms with Gasteiger partial charge in [0.05, 0.1) is 11.1 Å². The lowest BCUT2D eigenvalue weighted by atomic mass is 10.1. The average Bonchev–Trinajstić information content (AvgIpc) is 2.73. The fourth-order valence-corrected chi connectivity index (χ4v) is 2.12. The maximum absolute atomic E-state index is 11.9. The van der Waals surface area contributed by atoms with E-state index in [0.717, 1.165) is 24.0 Å². The van der Waals surface area contributed by atoms with Gasteiger partial charge in [0, 0.05) is 6.42 Å². The minimum atomic E-state index is -0.700. The van der Waals surface area contributed by atoms with Crippen LogP contribution in [-0.4, -0.2) is 11.9 Å². The lowest BCUT2D eigenvalue weighted by molar-refractivity contribution is -0.362. The zero-order valence-corrected chi connectivity index (χ0v) is 15.4. The van der Waals surface area contributed by atoms with Gasteiger partial charge in [-0.1, -0.05) is 38.1 Å². The van der Waals surface area contributed by atoms with Crippen LogP contribution in [0.2, 0.25) is 0 Å². The van der Waals surface area contributed by atoms with E-state index in [0.29, 0.717) is 11.1 Å². The summed E-state index contributed by atoms with van der Waals surface area (Å²) in [4.78, 5) is 42.8. The second-order valence-corrected chi connectivity index (χ2v) is 5.63. The van der Waals surface area contributed by atoms with Crippen LogP contribution >= 0.6 is 0 Å². The second-order valence-electron chi connectivity index (χ2n) is 5.63. The van der Waals surface area contributed by atoms with Gasteiger partial charge in [0.1, 0.15) is 0 Å². The van der Waals surface area contributed by atoms with Crippen molar-refractivity contribution >= 4 is 11.9 Å². The summed E-state index contributed by atoms with van der Waals surface area (Å²) in [5, 5.41) is 0. The molecule has 0 aliphatic rings. The van der Waals surface area contributed by atoms with Crippen molar-refractivity contribution in [3.05, 3.63) is 84.0 Å². The summed E-state index contributed by atoms with van der Waals surface area (Å²) >= 11 is 0. The zero-order valence-electron chi connectivity index (χ0n) is 15.4. The van der Waals surface area contributed by atoms with Gasteiger partial charge < -0.3 is 0 Å². The molecule has 0 saturated heterocycles. The van der Waals surface area contributed by atoms with E-state index < -0.39 is 11.9 Å². The zero-order chi connectivity index (χ0) is 19.6. The Bertz CT molecular complexity index is 673. The largest absolute Gasteiger partial charge is 0.373 e. The molecule has 0 amide bonds. The molecular weight excluding hydrogens is 348 g/mol. The molecule has 2 aromatic rings. The summed E-state index contributed by atoms with van der Waals surface area (Å²) in [5.41, 5.74) is 2.84. The molecule has 0 fully saturated rings. The summed E-state index contributed by atoms with van der Waals surface area (Å²) in [5.74, 6) is -1.40. The van der Waals surface area contributed by atoms with Gasteiger partial charge in [-0.2, -0.15) is 0 Å². The molecule has 2 radical (unpaired) electrons. The van der Waals surface area contributed by atoms with Crippen LogP contribution in [-0.2, 0) is 32.4 Å². The van der Waals surface area contributed by atoms with E-state index in [1.54, 1.807) is 24.3 Å². The fraction of sp³-hybridized carbons (Fsp3) is 0.238. The number of carbonyl (C=O) groups is 2. The first-order valence-corrected chi connectivity index (χ1v) is 8.68. The first kappa shape index (κ1) is 20.6. The van der Waals surface area contributed by atoms with Crippen LogP contribution in [0.15, 0.2) is 48.5 Å². The average molecular weight is 370 g/mol. The molecule has 6 heteroatoms. The Morgan fingerprint density at radius 2 is 1.07 bits per heavy atom. The van der Waals surface area contributed by atoms with Crippen molar-refractivity contribution in [1.82, 2.24) is 0 Å². The summed E-state index contributed by atoms with van der Waals surface area (Å²) in [6, 6.07) is 13.8. The smallest absolute Gasteiger partial charge is 0.289 e. The predicted octanol–water partition coefficient (Wildman–Crippen LogP) is 4.40. The SMILES string of the molecule is [CH2]C[C](OOC(=O)c1ccc(CC)cc1)OOC(=O)c1ccc(CC)cc1. The molecule has 2 aromatic carbocycles. The van der Waals surface area contributed by atoms with Gasteiger partial charge in [0.15, 0.2) is 0 Å². The van der Waals surface area contributed by atoms with Crippen LogP contribution in [0.4, 0.5) is 0 Å². The van der Waals surface area contributed by atoms with Crippen molar-refractivity contribution in [1.29, 1.82) is 0 Å². The summed E-state index contributed by atoms with van der Waals surface area (Å²) in [6.07, 6.45) is 1.45. The maximum Gasteiger partial charge on any atom is 0.373 e. The number of hydrogen-bond donors (Lipinski definition) is 0. The van der Waals surface area contributed by atoms with Crippen LogP contribution in [0, 0.1) is 13.2 Å². The highest BCUT2D eigenvalue weighted by molar-refractivity contribution is 5.89. The van der Waals surface area contributed by atoms with Gasteiger partial charge >= 0.3 is 18.2 Å². The Hall–Kier alpha value is -2.70. The third-order valence-electron chi connectivity index (χ3n) is 3.82. The minimum absolute atomic E-state index is 0.0237. The predicted molar refractivity (Wildman–Crippen MR) is 97.9 cm³/mol. The molecule has 0 heterocycles. The van der Waals surface area contributed by atoms with Gasteiger partial charge in [0.25, 0.3) is 0 Å². The molecule has 0 atom stereocenters. The Balaban J connectivity index is 1.81. The van der Waals surface area contributed by atoms with Crippen molar-refractivity contribution in [2.75, 3.05) is 0 Å². The van der Waals surface area contributed by atoms with E-state index in [9.17, 15) is 9.59 Å². The summed E-state index contributed by atoms with van der Waals surface area (Å²) in [7, 11) is 0. The Labute approximate surface area is 158 Å². The van der Waals surface area contributed by atoms with E-state index in [4.69, 9.17) is 19.6 Å². The van der Waals surface area contributed by atoms with E-state index in [-0.39, 0.29) is 12.7 Å². The second kappa shape index (κ2) is 10.4. The highest BCUT2D eigenvalue weighted by atomic mass is 17.3. The molecule has 0 spiro atoms. The molecule has 2 rings (SSSR count). The third kappa shape index (κ3) is 6.20. The Kier molecular flexibility index (Phi) is 7.98. The van der Waals surface area contributed by atoms with E-state index in [2.05, 4.69) is 6.92 Å². The minimum Gasteiger partial charge on any atom is -0.289 e. The number of hydrogen-bond acceptors (Lipinski definition) is 6. The molecule has 6 nitrogen and oxygen atoms in total. The van der Waals surface area contributed by atoms with Gasteiger partial charge in [0.2, 0.25) is 0 Å². The molecule has 142 valence electrons. The van der Waals surface area contributed by atoms with Crippen LogP contribution in [0.3, 0.4) is 0 Å². The van der Waals surface area contributed by atoms with Crippen LogP contribution in [0.1, 0.15) is 52.1 Å². The highest BCUT2D eigenvalue weighted by Gasteiger charge is 2.19. The highest BCUT2D eigenvalue weighted by Crippen LogP contribution is 2.15. The van der Waals surface area contributed by atoms with Crippen LogP contribution in [0.25, 0.3) is 0 Å². The van der Waals surface area contributed by atoms with Crippen LogP contribution in [0.5, 0.6) is 0 Å². The lowest BCUT2D eigenvalue weighted by Gasteiger charge is -2.12. The maximum atomic E-state index is 11.9. The molecule has 27 heavy (non-hydrogen) atoms. The molecule has 0 saturated carbocycles. The number of aryl methyl sites for hydroxylation is 2. The Morgan fingerprint density at radius 3 is 1.37 bits per heavy atom. The van der Waals surface area contributed by atoms with Gasteiger partial charge in [-0.25, -0.2) is 9.59 Å². The Morgan fingerprint density at radius 1 is 0.704 bits per heavy atom. The van der Waals surface area contributed by atoms with E-state index >= 15 is 0 Å². The normalized spacial score (nSPS) is 10.7. The molecule has 0 aromatic heterocycles. The lowest BCUT2D eigenvalue weighted by Crippen LogP contribution is -2.15.